The Bertz CT molecular complexity index is 1420. The van der Waals surface area contributed by atoms with Gasteiger partial charge in [-0.3, -0.25) is 0 Å². The third-order valence-corrected chi connectivity index (χ3v) is 7.94. The van der Waals surface area contributed by atoms with Crippen LogP contribution in [-0.4, -0.2) is 54.3 Å². The number of sulfonamides is 1. The molecule has 0 aliphatic rings. The first-order valence-electron chi connectivity index (χ1n) is 12.7. The van der Waals surface area contributed by atoms with Crippen LogP contribution in [0.1, 0.15) is 30.5 Å². The number of amides is 1. The molecule has 0 aliphatic heterocycles. The van der Waals surface area contributed by atoms with E-state index in [0.29, 0.717) is 22.6 Å². The van der Waals surface area contributed by atoms with Crippen molar-refractivity contribution in [3.63, 3.8) is 0 Å². The Balaban J connectivity index is 1.72. The Hall–Kier alpha value is -4.11. The number of aliphatic hydroxyl groups is 1. The molecule has 2 atom stereocenters. The first-order chi connectivity index (χ1) is 19.0. The molecule has 0 saturated carbocycles. The second-order valence-electron chi connectivity index (χ2n) is 9.86. The van der Waals surface area contributed by atoms with Gasteiger partial charge in [-0.25, -0.2) is 13.2 Å². The smallest absolute Gasteiger partial charge is 0.404 e. The third-order valence-electron chi connectivity index (χ3n) is 6.09. The summed E-state index contributed by atoms with van der Waals surface area (Å²) in [5.41, 5.74) is 8.22. The Morgan fingerprint density at radius 2 is 1.73 bits per heavy atom. The van der Waals surface area contributed by atoms with Crippen LogP contribution in [0.2, 0.25) is 0 Å². The van der Waals surface area contributed by atoms with Gasteiger partial charge in [0.25, 0.3) is 0 Å². The number of benzene rings is 3. The fourth-order valence-electron chi connectivity index (χ4n) is 4.12. The van der Waals surface area contributed by atoms with Crippen LogP contribution >= 0.6 is 0 Å². The van der Waals surface area contributed by atoms with Crippen LogP contribution in [0.15, 0.2) is 77.7 Å². The van der Waals surface area contributed by atoms with Crippen molar-refractivity contribution < 1.29 is 28.2 Å². The number of nitriles is 1. The lowest BCUT2D eigenvalue weighted by molar-refractivity contribution is 0.0980. The first-order valence-corrected chi connectivity index (χ1v) is 14.2. The average molecular weight is 567 g/mol. The van der Waals surface area contributed by atoms with Crippen molar-refractivity contribution in [2.75, 3.05) is 18.8 Å². The summed E-state index contributed by atoms with van der Waals surface area (Å²) in [6.07, 6.45) is -2.54. The Morgan fingerprint density at radius 1 is 1.05 bits per heavy atom. The lowest BCUT2D eigenvalue weighted by atomic mass is 10.0. The minimum Gasteiger partial charge on any atom is -0.489 e. The SMILES string of the molecule is CC(C)CN(C[C@@H](O)[C@H](Cc1ccc(OCc2cccc(C#N)c2)cc1)NC(=O)O)S(=O)(=O)c1ccc(N)cc1. The van der Waals surface area contributed by atoms with Gasteiger partial charge in [0.1, 0.15) is 12.4 Å². The van der Waals surface area contributed by atoms with E-state index in [2.05, 4.69) is 11.4 Å². The van der Waals surface area contributed by atoms with E-state index in [-0.39, 0.29) is 36.9 Å². The van der Waals surface area contributed by atoms with Crippen molar-refractivity contribution in [1.82, 2.24) is 9.62 Å². The van der Waals surface area contributed by atoms with E-state index in [9.17, 15) is 23.4 Å². The van der Waals surface area contributed by atoms with Crippen molar-refractivity contribution in [3.8, 4) is 11.8 Å². The fourth-order valence-corrected chi connectivity index (χ4v) is 5.74. The number of hydrogen-bond acceptors (Lipinski definition) is 7. The number of carboxylic acid groups (broad SMARTS) is 1. The normalized spacial score (nSPS) is 13.0. The molecule has 0 unspecified atom stereocenters. The van der Waals surface area contributed by atoms with E-state index in [1.165, 1.54) is 28.6 Å². The number of carbonyl (C=O) groups is 1. The molecular formula is C29H34N4O6S. The summed E-state index contributed by atoms with van der Waals surface area (Å²) < 4.78 is 33.7. The average Bonchev–Trinajstić information content (AvgIpc) is 2.91. The number of nitrogens with zero attached hydrogens (tertiary/aromatic N) is 2. The molecule has 3 rings (SSSR count). The molecule has 0 spiro atoms. The lowest BCUT2D eigenvalue weighted by Gasteiger charge is -2.30. The quantitative estimate of drug-likeness (QED) is 0.228. The van der Waals surface area contributed by atoms with Gasteiger partial charge in [0.05, 0.1) is 28.7 Å². The van der Waals surface area contributed by atoms with Crippen molar-refractivity contribution in [2.45, 2.75) is 43.9 Å². The minimum absolute atomic E-state index is 0.0345. The largest absolute Gasteiger partial charge is 0.489 e. The Labute approximate surface area is 234 Å². The highest BCUT2D eigenvalue weighted by Crippen LogP contribution is 2.21. The zero-order valence-corrected chi connectivity index (χ0v) is 23.2. The van der Waals surface area contributed by atoms with Crippen LogP contribution in [0.25, 0.3) is 0 Å². The highest BCUT2D eigenvalue weighted by atomic mass is 32.2. The van der Waals surface area contributed by atoms with E-state index in [1.54, 1.807) is 42.5 Å². The lowest BCUT2D eigenvalue weighted by Crippen LogP contribution is -2.50. The Morgan fingerprint density at radius 3 is 2.33 bits per heavy atom. The van der Waals surface area contributed by atoms with Gasteiger partial charge in [-0.2, -0.15) is 9.57 Å². The molecule has 1 amide bonds. The van der Waals surface area contributed by atoms with Crippen LogP contribution in [0.4, 0.5) is 10.5 Å². The summed E-state index contributed by atoms with van der Waals surface area (Å²) in [6.45, 7) is 3.81. The summed E-state index contributed by atoms with van der Waals surface area (Å²) in [4.78, 5) is 11.6. The van der Waals surface area contributed by atoms with Crippen molar-refractivity contribution in [2.24, 2.45) is 5.92 Å². The number of ether oxygens (including phenoxy) is 1. The maximum absolute atomic E-state index is 13.4. The predicted molar refractivity (Wildman–Crippen MR) is 151 cm³/mol. The zero-order valence-electron chi connectivity index (χ0n) is 22.4. The van der Waals surface area contributed by atoms with Crippen LogP contribution in [0.5, 0.6) is 5.75 Å². The summed E-state index contributed by atoms with van der Waals surface area (Å²) in [5, 5.41) is 31.8. The maximum atomic E-state index is 13.4. The molecule has 0 heterocycles. The van der Waals surface area contributed by atoms with Crippen molar-refractivity contribution >= 4 is 21.8 Å². The van der Waals surface area contributed by atoms with Gasteiger partial charge in [-0.15, -0.1) is 0 Å². The molecule has 0 saturated heterocycles. The molecule has 5 N–H and O–H groups in total. The van der Waals surface area contributed by atoms with Gasteiger partial charge in [0.2, 0.25) is 10.0 Å². The number of anilines is 1. The van der Waals surface area contributed by atoms with E-state index >= 15 is 0 Å². The van der Waals surface area contributed by atoms with Gasteiger partial charge >= 0.3 is 6.09 Å². The van der Waals surface area contributed by atoms with E-state index in [4.69, 9.17) is 15.7 Å². The van der Waals surface area contributed by atoms with Crippen LogP contribution in [-0.2, 0) is 23.1 Å². The molecule has 0 aromatic heterocycles. The van der Waals surface area contributed by atoms with Gasteiger partial charge in [-0.1, -0.05) is 38.1 Å². The number of nitrogens with one attached hydrogen (secondary N) is 1. The number of rotatable bonds is 13. The molecule has 11 heteroatoms. The third kappa shape index (κ3) is 8.71. The number of nitrogens with two attached hydrogens (primary N) is 1. The Kier molecular flexibility index (Phi) is 10.5. The molecule has 0 bridgehead atoms. The topological polar surface area (TPSA) is 166 Å². The first kappa shape index (κ1) is 30.4. The van der Waals surface area contributed by atoms with Gasteiger partial charge in [-0.05, 0) is 72.0 Å². The summed E-state index contributed by atoms with van der Waals surface area (Å²) >= 11 is 0. The second-order valence-corrected chi connectivity index (χ2v) is 11.8. The molecule has 0 aliphatic carbocycles. The zero-order chi connectivity index (χ0) is 29.3. The summed E-state index contributed by atoms with van der Waals surface area (Å²) in [5.74, 6) is 0.531. The molecular weight excluding hydrogens is 532 g/mol. The highest BCUT2D eigenvalue weighted by molar-refractivity contribution is 7.89. The van der Waals surface area contributed by atoms with E-state index in [0.717, 1.165) is 5.56 Å². The molecule has 3 aromatic rings. The summed E-state index contributed by atoms with van der Waals surface area (Å²) in [7, 11) is -3.97. The molecule has 0 radical (unpaired) electrons. The molecule has 212 valence electrons. The fraction of sp³-hybridized carbons (Fsp3) is 0.310. The highest BCUT2D eigenvalue weighted by Gasteiger charge is 2.31. The van der Waals surface area contributed by atoms with Gasteiger partial charge < -0.3 is 26.0 Å². The van der Waals surface area contributed by atoms with Gasteiger partial charge in [0, 0.05) is 18.8 Å². The van der Waals surface area contributed by atoms with Crippen LogP contribution in [0.3, 0.4) is 0 Å². The molecule has 40 heavy (non-hydrogen) atoms. The second kappa shape index (κ2) is 13.8. The minimum atomic E-state index is -3.97. The van der Waals surface area contributed by atoms with E-state index in [1.807, 2.05) is 19.9 Å². The van der Waals surface area contributed by atoms with Crippen molar-refractivity contribution in [3.05, 3.63) is 89.5 Å². The molecule has 3 aromatic carbocycles. The number of aliphatic hydroxyl groups excluding tert-OH is 1. The van der Waals surface area contributed by atoms with E-state index < -0.39 is 28.3 Å². The number of hydrogen-bond donors (Lipinski definition) is 4. The standard InChI is InChI=1S/C29H34N4O6S/c1-20(2)17-33(40(37,38)26-12-8-24(31)9-13-26)18-28(34)27(32-29(35)36)15-21-6-10-25(11-7-21)39-19-23-5-3-4-22(14-23)16-30/h3-14,20,27-28,32,34H,15,17-19,31H2,1-2H3,(H,35,36)/t27-,28+/m0/s1. The molecule has 0 fully saturated rings. The van der Waals surface area contributed by atoms with Crippen LogP contribution in [0, 0.1) is 17.2 Å². The predicted octanol–water partition coefficient (Wildman–Crippen LogP) is 3.61. The van der Waals surface area contributed by atoms with Crippen LogP contribution < -0.4 is 15.8 Å². The van der Waals surface area contributed by atoms with Crippen molar-refractivity contribution in [1.29, 1.82) is 5.26 Å². The maximum Gasteiger partial charge on any atom is 0.404 e. The summed E-state index contributed by atoms with van der Waals surface area (Å²) in [6, 6.07) is 20.9. The monoisotopic (exact) mass is 566 g/mol. The van der Waals surface area contributed by atoms with Gasteiger partial charge in [0.15, 0.2) is 0 Å². The molecule has 10 nitrogen and oxygen atoms in total. The number of nitrogen functional groups attached to an aromatic ring is 1.